The molecule has 2 nitrogen and oxygen atoms in total. The number of hydrogen-bond donors (Lipinski definition) is 2. The van der Waals surface area contributed by atoms with Crippen LogP contribution in [0.4, 0.5) is 4.39 Å². The third kappa shape index (κ3) is 1.69. The highest BCUT2D eigenvalue weighted by atomic mass is 19.1. The van der Waals surface area contributed by atoms with Gasteiger partial charge in [0.1, 0.15) is 5.82 Å². The van der Waals surface area contributed by atoms with Crippen LogP contribution in [0.3, 0.4) is 0 Å². The molecule has 0 aromatic heterocycles. The minimum Gasteiger partial charge on any atom is -0.392 e. The normalized spacial score (nSPS) is 33.0. The molecule has 1 saturated carbocycles. The van der Waals surface area contributed by atoms with E-state index in [0.717, 1.165) is 30.4 Å². The van der Waals surface area contributed by atoms with E-state index in [1.807, 2.05) is 6.07 Å². The molecule has 3 atom stereocenters. The predicted molar refractivity (Wildman–Crippen MR) is 68.8 cm³/mol. The minimum atomic E-state index is -0.219. The van der Waals surface area contributed by atoms with Crippen molar-refractivity contribution < 1.29 is 9.50 Å². The highest BCUT2D eigenvalue weighted by Crippen LogP contribution is 2.43. The lowest BCUT2D eigenvalue weighted by molar-refractivity contribution is -0.0760. The molecule has 3 rings (SSSR count). The molecule has 2 aliphatic rings. The maximum absolute atomic E-state index is 13.6. The first-order valence-electron chi connectivity index (χ1n) is 6.71. The van der Waals surface area contributed by atoms with Gasteiger partial charge in [-0.1, -0.05) is 26.0 Å². The molecule has 0 bridgehead atoms. The average Bonchev–Trinajstić information content (AvgIpc) is 2.74. The van der Waals surface area contributed by atoms with Crippen molar-refractivity contribution in [3.63, 3.8) is 0 Å². The van der Waals surface area contributed by atoms with Gasteiger partial charge in [0.2, 0.25) is 0 Å². The highest BCUT2D eigenvalue weighted by Gasteiger charge is 2.48. The van der Waals surface area contributed by atoms with Gasteiger partial charge in [0.25, 0.3) is 0 Å². The number of benzene rings is 1. The summed E-state index contributed by atoms with van der Waals surface area (Å²) in [6.07, 6.45) is 2.35. The number of aliphatic hydroxyl groups excluding tert-OH is 1. The number of rotatable bonds is 2. The molecule has 1 aromatic carbocycles. The Morgan fingerprint density at radius 3 is 2.83 bits per heavy atom. The first-order chi connectivity index (χ1) is 8.50. The Bertz CT molecular complexity index is 472. The molecular weight excluding hydrogens is 229 g/mol. The number of hydrogen-bond acceptors (Lipinski definition) is 2. The first-order valence-corrected chi connectivity index (χ1v) is 6.71. The smallest absolute Gasteiger partial charge is 0.126 e. The summed E-state index contributed by atoms with van der Waals surface area (Å²) >= 11 is 0. The minimum absolute atomic E-state index is 0.0733. The van der Waals surface area contributed by atoms with Crippen molar-refractivity contribution in [1.29, 1.82) is 0 Å². The highest BCUT2D eigenvalue weighted by molar-refractivity contribution is 5.35. The van der Waals surface area contributed by atoms with E-state index in [1.165, 1.54) is 6.07 Å². The van der Waals surface area contributed by atoms with Crippen LogP contribution in [0.5, 0.6) is 0 Å². The van der Waals surface area contributed by atoms with Gasteiger partial charge >= 0.3 is 0 Å². The molecule has 1 fully saturated rings. The van der Waals surface area contributed by atoms with Gasteiger partial charge in [-0.25, -0.2) is 4.39 Å². The zero-order valence-corrected chi connectivity index (χ0v) is 10.9. The Morgan fingerprint density at radius 1 is 1.39 bits per heavy atom. The molecule has 0 amide bonds. The quantitative estimate of drug-likeness (QED) is 0.844. The van der Waals surface area contributed by atoms with E-state index in [1.54, 1.807) is 6.07 Å². The summed E-state index contributed by atoms with van der Waals surface area (Å²) in [5.74, 6) is -0.0790. The third-order valence-electron chi connectivity index (χ3n) is 4.83. The van der Waals surface area contributed by atoms with Gasteiger partial charge in [-0.3, -0.25) is 0 Å². The van der Waals surface area contributed by atoms with Gasteiger partial charge in [0.05, 0.1) is 6.10 Å². The lowest BCUT2D eigenvalue weighted by Gasteiger charge is -2.50. The van der Waals surface area contributed by atoms with Crippen molar-refractivity contribution in [1.82, 2.24) is 5.32 Å². The zero-order chi connectivity index (χ0) is 12.9. The van der Waals surface area contributed by atoms with Crippen molar-refractivity contribution in [3.05, 3.63) is 35.1 Å². The maximum atomic E-state index is 13.6. The van der Waals surface area contributed by atoms with Crippen LogP contribution in [0.1, 0.15) is 43.9 Å². The fourth-order valence-electron chi connectivity index (χ4n) is 3.21. The number of aliphatic hydroxyl groups is 1. The maximum Gasteiger partial charge on any atom is 0.126 e. The molecule has 0 aliphatic heterocycles. The molecule has 18 heavy (non-hydrogen) atoms. The lowest BCUT2D eigenvalue weighted by atomic mass is 9.64. The van der Waals surface area contributed by atoms with E-state index in [4.69, 9.17) is 0 Å². The van der Waals surface area contributed by atoms with Crippen LogP contribution in [0.15, 0.2) is 18.2 Å². The molecule has 1 aromatic rings. The van der Waals surface area contributed by atoms with Gasteiger partial charge in [-0.05, 0) is 36.5 Å². The third-order valence-corrected chi connectivity index (χ3v) is 4.83. The van der Waals surface area contributed by atoms with E-state index in [9.17, 15) is 9.50 Å². The number of fused-ring (bicyclic) bond motifs is 1. The summed E-state index contributed by atoms with van der Waals surface area (Å²) in [7, 11) is 0. The second kappa shape index (κ2) is 4.04. The van der Waals surface area contributed by atoms with Crippen molar-refractivity contribution in [2.75, 3.05) is 0 Å². The lowest BCUT2D eigenvalue weighted by Crippen LogP contribution is -2.60. The standard InChI is InChI=1S/C15H20FNO/c1-15(2)13(8-14(15)18)17-12-7-6-9-10(12)4-3-5-11(9)16/h3-5,12-14,17-18H,6-8H2,1-2H3. The van der Waals surface area contributed by atoms with Crippen LogP contribution in [0, 0.1) is 11.2 Å². The molecule has 3 unspecified atom stereocenters. The van der Waals surface area contributed by atoms with Crippen LogP contribution >= 0.6 is 0 Å². The summed E-state index contributed by atoms with van der Waals surface area (Å²) in [6, 6.07) is 5.91. The van der Waals surface area contributed by atoms with Crippen LogP contribution in [0.25, 0.3) is 0 Å². The molecule has 2 N–H and O–H groups in total. The van der Waals surface area contributed by atoms with E-state index < -0.39 is 0 Å². The molecule has 98 valence electrons. The first kappa shape index (κ1) is 12.1. The van der Waals surface area contributed by atoms with Gasteiger partial charge in [-0.2, -0.15) is 0 Å². The van der Waals surface area contributed by atoms with Gasteiger partial charge in [0.15, 0.2) is 0 Å². The fourth-order valence-corrected chi connectivity index (χ4v) is 3.21. The molecule has 3 heteroatoms. The molecule has 0 saturated heterocycles. The Morgan fingerprint density at radius 2 is 2.17 bits per heavy atom. The van der Waals surface area contributed by atoms with Crippen LogP contribution in [-0.2, 0) is 6.42 Å². The Kier molecular flexibility index (Phi) is 2.72. The Balaban J connectivity index is 1.76. The van der Waals surface area contributed by atoms with Crippen molar-refractivity contribution in [3.8, 4) is 0 Å². The second-order valence-corrected chi connectivity index (χ2v) is 6.19. The summed E-state index contributed by atoms with van der Waals surface area (Å²) in [6.45, 7) is 4.17. The molecule has 0 radical (unpaired) electrons. The molecular formula is C15H20FNO. The van der Waals surface area contributed by atoms with Crippen molar-refractivity contribution in [2.24, 2.45) is 5.41 Å². The Hall–Kier alpha value is -0.930. The van der Waals surface area contributed by atoms with Crippen LogP contribution < -0.4 is 5.32 Å². The SMILES string of the molecule is CC1(C)C(O)CC1NC1CCc2c(F)cccc21. The van der Waals surface area contributed by atoms with Gasteiger partial charge in [0, 0.05) is 17.5 Å². The van der Waals surface area contributed by atoms with Crippen LogP contribution in [0.2, 0.25) is 0 Å². The topological polar surface area (TPSA) is 32.3 Å². The zero-order valence-electron chi connectivity index (χ0n) is 10.9. The summed E-state index contributed by atoms with van der Waals surface area (Å²) < 4.78 is 13.6. The summed E-state index contributed by atoms with van der Waals surface area (Å²) in [5.41, 5.74) is 1.90. The largest absolute Gasteiger partial charge is 0.392 e. The van der Waals surface area contributed by atoms with E-state index >= 15 is 0 Å². The number of halogens is 1. The average molecular weight is 249 g/mol. The summed E-state index contributed by atoms with van der Waals surface area (Å²) in [5, 5.41) is 13.4. The van der Waals surface area contributed by atoms with E-state index in [-0.39, 0.29) is 23.4 Å². The second-order valence-electron chi connectivity index (χ2n) is 6.19. The molecule has 0 heterocycles. The van der Waals surface area contributed by atoms with Crippen LogP contribution in [-0.4, -0.2) is 17.3 Å². The van der Waals surface area contributed by atoms with Gasteiger partial charge in [-0.15, -0.1) is 0 Å². The monoisotopic (exact) mass is 249 g/mol. The molecule has 0 spiro atoms. The van der Waals surface area contributed by atoms with E-state index in [2.05, 4.69) is 19.2 Å². The van der Waals surface area contributed by atoms with Gasteiger partial charge < -0.3 is 10.4 Å². The Labute approximate surface area is 107 Å². The van der Waals surface area contributed by atoms with Crippen molar-refractivity contribution >= 4 is 0 Å². The molecule has 2 aliphatic carbocycles. The predicted octanol–water partition coefficient (Wildman–Crippen LogP) is 2.56. The van der Waals surface area contributed by atoms with E-state index in [0.29, 0.717) is 6.04 Å². The van der Waals surface area contributed by atoms with Crippen molar-refractivity contribution in [2.45, 2.75) is 51.3 Å². The number of nitrogens with one attached hydrogen (secondary N) is 1. The summed E-state index contributed by atoms with van der Waals surface area (Å²) in [4.78, 5) is 0. The fraction of sp³-hybridized carbons (Fsp3) is 0.600.